The number of carbonyl (C=O) groups is 1. The molecule has 0 saturated heterocycles. The van der Waals surface area contributed by atoms with Crippen LogP contribution in [0.25, 0.3) is 0 Å². The topological polar surface area (TPSA) is 74.0 Å². The number of benzene rings is 3. The molecule has 0 aromatic heterocycles. The van der Waals surface area contributed by atoms with E-state index in [-0.39, 0.29) is 13.3 Å². The molecule has 0 spiro atoms. The maximum absolute atomic E-state index is 13.5. The van der Waals surface area contributed by atoms with E-state index >= 15 is 0 Å². The van der Waals surface area contributed by atoms with Crippen molar-refractivity contribution in [3.63, 3.8) is 0 Å². The Hall–Kier alpha value is -3.72. The Labute approximate surface area is 194 Å². The second-order valence-corrected chi connectivity index (χ2v) is 7.69. The van der Waals surface area contributed by atoms with Crippen LogP contribution in [0.4, 0.5) is 18.9 Å². The third-order valence-electron chi connectivity index (χ3n) is 5.58. The van der Waals surface area contributed by atoms with Crippen molar-refractivity contribution in [1.82, 2.24) is 0 Å². The number of hydrogen-bond acceptors (Lipinski definition) is 5. The van der Waals surface area contributed by atoms with Crippen LogP contribution in [0.15, 0.2) is 66.7 Å². The number of methoxy groups -OCH3 is 1. The zero-order chi connectivity index (χ0) is 24.3. The molecule has 0 radical (unpaired) electrons. The second-order valence-electron chi connectivity index (χ2n) is 7.69. The predicted octanol–water partition coefficient (Wildman–Crippen LogP) is 4.72. The van der Waals surface area contributed by atoms with Gasteiger partial charge in [0.25, 0.3) is 0 Å². The molecule has 1 amide bonds. The van der Waals surface area contributed by atoms with E-state index in [9.17, 15) is 18.0 Å². The van der Waals surface area contributed by atoms with Crippen molar-refractivity contribution in [3.05, 3.63) is 83.4 Å². The highest BCUT2D eigenvalue weighted by atomic mass is 19.4. The molecule has 1 atom stereocenters. The molecule has 1 aliphatic rings. The molecule has 3 aromatic rings. The van der Waals surface area contributed by atoms with Crippen LogP contribution in [0, 0.1) is 0 Å². The smallest absolute Gasteiger partial charge is 0.416 e. The van der Waals surface area contributed by atoms with Crippen molar-refractivity contribution >= 4 is 11.6 Å². The van der Waals surface area contributed by atoms with Gasteiger partial charge in [-0.1, -0.05) is 30.3 Å². The van der Waals surface area contributed by atoms with E-state index in [2.05, 4.69) is 0 Å². The van der Waals surface area contributed by atoms with E-state index in [0.717, 1.165) is 12.1 Å². The Morgan fingerprint density at radius 1 is 1.06 bits per heavy atom. The minimum absolute atomic E-state index is 0.0824. The summed E-state index contributed by atoms with van der Waals surface area (Å²) < 4.78 is 54.8. The quantitative estimate of drug-likeness (QED) is 0.539. The summed E-state index contributed by atoms with van der Waals surface area (Å²) in [7, 11) is 1.50. The van der Waals surface area contributed by atoms with Gasteiger partial charge >= 0.3 is 6.18 Å². The van der Waals surface area contributed by atoms with Crippen molar-refractivity contribution < 1.29 is 32.2 Å². The normalized spacial score (nSPS) is 13.4. The molecular weight excluding hydrogens is 449 g/mol. The molecule has 0 bridgehead atoms. The standard InChI is InChI=1S/C25H23F3N2O4/c1-32-20-5-3-2-4-19(20)23(29)24(31)30(18-10-11-21-22(14-18)34-15-33-21)13-12-16-6-8-17(9-7-16)25(26,27)28/h2-11,14,23H,12-13,15,29H2,1H3. The molecule has 1 aliphatic heterocycles. The van der Waals surface area contributed by atoms with Gasteiger partial charge in [0.1, 0.15) is 11.8 Å². The summed E-state index contributed by atoms with van der Waals surface area (Å²) in [6.45, 7) is 0.270. The number of rotatable bonds is 7. The third-order valence-corrected chi connectivity index (χ3v) is 5.58. The van der Waals surface area contributed by atoms with Crippen LogP contribution in [-0.4, -0.2) is 26.4 Å². The number of nitrogens with zero attached hydrogens (tertiary/aromatic N) is 1. The molecular formula is C25H23F3N2O4. The molecule has 4 rings (SSSR count). The Bertz CT molecular complexity index is 1170. The first kappa shape index (κ1) is 23.4. The highest BCUT2D eigenvalue weighted by Crippen LogP contribution is 2.36. The number of carbonyl (C=O) groups excluding carboxylic acids is 1. The number of hydrogen-bond donors (Lipinski definition) is 1. The van der Waals surface area contributed by atoms with Crippen LogP contribution in [0.2, 0.25) is 0 Å². The van der Waals surface area contributed by atoms with Crippen molar-refractivity contribution in [2.24, 2.45) is 5.73 Å². The highest BCUT2D eigenvalue weighted by molar-refractivity contribution is 5.98. The van der Waals surface area contributed by atoms with Gasteiger partial charge in [-0.2, -0.15) is 13.2 Å². The molecule has 1 heterocycles. The number of nitrogens with two attached hydrogens (primary N) is 1. The van der Waals surface area contributed by atoms with Gasteiger partial charge in [-0.05, 0) is 42.3 Å². The summed E-state index contributed by atoms with van der Waals surface area (Å²) in [5, 5.41) is 0. The number of alkyl halides is 3. The maximum Gasteiger partial charge on any atom is 0.416 e. The van der Waals surface area contributed by atoms with Crippen LogP contribution in [-0.2, 0) is 17.4 Å². The van der Waals surface area contributed by atoms with Gasteiger partial charge < -0.3 is 24.8 Å². The van der Waals surface area contributed by atoms with Crippen molar-refractivity contribution in [3.8, 4) is 17.2 Å². The summed E-state index contributed by atoms with van der Waals surface area (Å²) in [5.41, 5.74) is 7.33. The Balaban J connectivity index is 1.61. The fourth-order valence-electron chi connectivity index (χ4n) is 3.75. The molecule has 34 heavy (non-hydrogen) atoms. The number of anilines is 1. The predicted molar refractivity (Wildman–Crippen MR) is 120 cm³/mol. The number of ether oxygens (including phenoxy) is 3. The maximum atomic E-state index is 13.5. The minimum Gasteiger partial charge on any atom is -0.496 e. The van der Waals surface area contributed by atoms with Gasteiger partial charge in [0.15, 0.2) is 11.5 Å². The SMILES string of the molecule is COc1ccccc1C(N)C(=O)N(CCc1ccc(C(F)(F)F)cc1)c1ccc2c(c1)OCO2. The first-order chi connectivity index (χ1) is 16.3. The van der Waals surface area contributed by atoms with Crippen molar-refractivity contribution in [1.29, 1.82) is 0 Å². The molecule has 0 saturated carbocycles. The zero-order valence-corrected chi connectivity index (χ0v) is 18.3. The van der Waals surface area contributed by atoms with Crippen molar-refractivity contribution in [2.45, 2.75) is 18.6 Å². The van der Waals surface area contributed by atoms with Gasteiger partial charge in [-0.25, -0.2) is 0 Å². The zero-order valence-electron chi connectivity index (χ0n) is 18.3. The molecule has 178 valence electrons. The Morgan fingerprint density at radius 3 is 2.47 bits per heavy atom. The fourth-order valence-corrected chi connectivity index (χ4v) is 3.75. The number of fused-ring (bicyclic) bond motifs is 1. The van der Waals surface area contributed by atoms with Gasteiger partial charge in [0, 0.05) is 23.9 Å². The lowest BCUT2D eigenvalue weighted by atomic mass is 10.0. The van der Waals surface area contributed by atoms with Crippen LogP contribution in [0.3, 0.4) is 0 Å². The lowest BCUT2D eigenvalue weighted by molar-refractivity contribution is -0.137. The average molecular weight is 472 g/mol. The van der Waals surface area contributed by atoms with E-state index in [0.29, 0.717) is 40.5 Å². The van der Waals surface area contributed by atoms with E-state index in [1.807, 2.05) is 0 Å². The monoisotopic (exact) mass is 472 g/mol. The van der Waals surface area contributed by atoms with Crippen LogP contribution in [0.1, 0.15) is 22.7 Å². The first-order valence-electron chi connectivity index (χ1n) is 10.5. The second kappa shape index (κ2) is 9.64. The third kappa shape index (κ3) is 4.94. The van der Waals surface area contributed by atoms with Gasteiger partial charge in [-0.3, -0.25) is 4.79 Å². The largest absolute Gasteiger partial charge is 0.496 e. The van der Waals surface area contributed by atoms with Gasteiger partial charge in [0.2, 0.25) is 12.7 Å². The van der Waals surface area contributed by atoms with E-state index in [4.69, 9.17) is 19.9 Å². The summed E-state index contributed by atoms with van der Waals surface area (Å²) in [4.78, 5) is 15.0. The average Bonchev–Trinajstić information content (AvgIpc) is 3.31. The molecule has 0 aliphatic carbocycles. The summed E-state index contributed by atoms with van der Waals surface area (Å²) in [6.07, 6.45) is -4.09. The number of para-hydroxylation sites is 1. The number of halogens is 3. The molecule has 9 heteroatoms. The van der Waals surface area contributed by atoms with Gasteiger partial charge in [-0.15, -0.1) is 0 Å². The molecule has 2 N–H and O–H groups in total. The molecule has 1 unspecified atom stereocenters. The van der Waals surface area contributed by atoms with E-state index < -0.39 is 23.7 Å². The van der Waals surface area contributed by atoms with Gasteiger partial charge in [0.05, 0.1) is 12.7 Å². The molecule has 3 aromatic carbocycles. The van der Waals surface area contributed by atoms with Crippen molar-refractivity contribution in [2.75, 3.05) is 25.3 Å². The van der Waals surface area contributed by atoms with Crippen LogP contribution < -0.4 is 24.8 Å². The Kier molecular flexibility index (Phi) is 6.65. The Morgan fingerprint density at radius 2 is 1.76 bits per heavy atom. The minimum atomic E-state index is -4.41. The van der Waals surface area contributed by atoms with Crippen LogP contribution >= 0.6 is 0 Å². The first-order valence-corrected chi connectivity index (χ1v) is 10.5. The van der Waals surface area contributed by atoms with E-state index in [1.54, 1.807) is 42.5 Å². The lowest BCUT2D eigenvalue weighted by Gasteiger charge is -2.27. The fraction of sp³-hybridized carbons (Fsp3) is 0.240. The summed E-state index contributed by atoms with van der Waals surface area (Å²) in [5.74, 6) is 1.15. The summed E-state index contributed by atoms with van der Waals surface area (Å²) in [6, 6.07) is 15.9. The molecule has 6 nitrogen and oxygen atoms in total. The van der Waals surface area contributed by atoms with E-state index in [1.165, 1.54) is 24.1 Å². The lowest BCUT2D eigenvalue weighted by Crippen LogP contribution is -2.40. The summed E-state index contributed by atoms with van der Waals surface area (Å²) >= 11 is 0. The van der Waals surface area contributed by atoms with Crippen LogP contribution in [0.5, 0.6) is 17.2 Å². The number of amides is 1. The molecule has 0 fully saturated rings. The highest BCUT2D eigenvalue weighted by Gasteiger charge is 2.30.